The number of rotatable bonds is 10. The normalized spacial score (nSPS) is 14.1. The quantitative estimate of drug-likeness (QED) is 0.410. The van der Waals surface area contributed by atoms with Crippen LogP contribution in [0.2, 0.25) is 0 Å². The summed E-state index contributed by atoms with van der Waals surface area (Å²) in [6.45, 7) is 2.24. The van der Waals surface area contributed by atoms with E-state index < -0.39 is 3.42 Å². The van der Waals surface area contributed by atoms with Gasteiger partial charge in [0.15, 0.2) is 0 Å². The lowest BCUT2D eigenvalue weighted by atomic mass is 10.1. The number of alkyl halides is 2. The highest BCUT2D eigenvalue weighted by atomic mass is 79.9. The molecule has 0 aliphatic heterocycles. The number of hydrogen-bond acceptors (Lipinski definition) is 2. The minimum Gasteiger partial charge on any atom is -0.377 e. The molecule has 0 spiro atoms. The average molecular weight is 360 g/mol. The standard InChI is InChI=1S/C12H24Br2O2/c1-4-5-6-7-8-9-10-11(15-2)12(13,14)16-3/h11H,4-10H2,1-3H3. The molecular formula is C12H24Br2O2. The van der Waals surface area contributed by atoms with Gasteiger partial charge in [-0.05, 0) is 38.3 Å². The van der Waals surface area contributed by atoms with Crippen molar-refractivity contribution in [3.63, 3.8) is 0 Å². The minimum atomic E-state index is -0.543. The first-order chi connectivity index (χ1) is 7.58. The van der Waals surface area contributed by atoms with E-state index in [0.29, 0.717) is 0 Å². The van der Waals surface area contributed by atoms with Crippen molar-refractivity contribution in [1.29, 1.82) is 0 Å². The summed E-state index contributed by atoms with van der Waals surface area (Å²) >= 11 is 6.94. The molecule has 0 aliphatic rings. The van der Waals surface area contributed by atoms with Crippen LogP contribution in [0.1, 0.15) is 51.9 Å². The van der Waals surface area contributed by atoms with E-state index in [0.717, 1.165) is 6.42 Å². The van der Waals surface area contributed by atoms with E-state index in [1.165, 1.54) is 38.5 Å². The van der Waals surface area contributed by atoms with Crippen LogP contribution in [0.15, 0.2) is 0 Å². The topological polar surface area (TPSA) is 18.5 Å². The molecule has 0 amide bonds. The predicted molar refractivity (Wildman–Crippen MR) is 76.4 cm³/mol. The van der Waals surface area contributed by atoms with Crippen molar-refractivity contribution in [1.82, 2.24) is 0 Å². The van der Waals surface area contributed by atoms with Gasteiger partial charge in [-0.2, -0.15) is 0 Å². The highest BCUT2D eigenvalue weighted by Gasteiger charge is 2.33. The Hall–Kier alpha value is 0.880. The zero-order valence-electron chi connectivity index (χ0n) is 10.6. The Morgan fingerprint density at radius 3 is 2.06 bits per heavy atom. The lowest BCUT2D eigenvalue weighted by Gasteiger charge is -2.28. The Morgan fingerprint density at radius 2 is 1.56 bits per heavy atom. The molecule has 0 aromatic heterocycles. The molecule has 16 heavy (non-hydrogen) atoms. The summed E-state index contributed by atoms with van der Waals surface area (Å²) in [6.07, 6.45) is 8.85. The molecule has 98 valence electrons. The molecule has 0 heterocycles. The van der Waals surface area contributed by atoms with E-state index in [9.17, 15) is 0 Å². The Bertz CT molecular complexity index is 163. The molecule has 0 aromatic rings. The zero-order valence-corrected chi connectivity index (χ0v) is 13.8. The molecule has 1 unspecified atom stereocenters. The van der Waals surface area contributed by atoms with Crippen LogP contribution < -0.4 is 0 Å². The van der Waals surface area contributed by atoms with Crippen molar-refractivity contribution in [3.8, 4) is 0 Å². The van der Waals surface area contributed by atoms with E-state index >= 15 is 0 Å². The summed E-state index contributed by atoms with van der Waals surface area (Å²) in [5.41, 5.74) is 0. The third-order valence-corrected chi connectivity index (χ3v) is 4.42. The number of unbranched alkanes of at least 4 members (excludes halogenated alkanes) is 5. The first-order valence-electron chi connectivity index (χ1n) is 6.04. The molecule has 0 N–H and O–H groups in total. The highest BCUT2D eigenvalue weighted by molar-refractivity contribution is 9.25. The maximum absolute atomic E-state index is 5.41. The number of ether oxygens (including phenoxy) is 2. The molecule has 0 aliphatic carbocycles. The van der Waals surface area contributed by atoms with Gasteiger partial charge in [-0.25, -0.2) is 0 Å². The first kappa shape index (κ1) is 16.9. The van der Waals surface area contributed by atoms with Crippen LogP contribution in [0.4, 0.5) is 0 Å². The van der Waals surface area contributed by atoms with Crippen LogP contribution in [0, 0.1) is 0 Å². The largest absolute Gasteiger partial charge is 0.377 e. The monoisotopic (exact) mass is 358 g/mol. The van der Waals surface area contributed by atoms with Crippen molar-refractivity contribution in [2.75, 3.05) is 14.2 Å². The summed E-state index contributed by atoms with van der Waals surface area (Å²) in [5, 5.41) is 0. The lowest BCUT2D eigenvalue weighted by molar-refractivity contribution is -0.00678. The van der Waals surface area contributed by atoms with Crippen molar-refractivity contribution in [3.05, 3.63) is 0 Å². The van der Waals surface area contributed by atoms with Gasteiger partial charge in [0.05, 0.1) is 0 Å². The average Bonchev–Trinajstić information content (AvgIpc) is 2.28. The Morgan fingerprint density at radius 1 is 1.00 bits per heavy atom. The molecule has 0 saturated carbocycles. The van der Waals surface area contributed by atoms with E-state index in [1.54, 1.807) is 14.2 Å². The summed E-state index contributed by atoms with van der Waals surface area (Å²) in [6, 6.07) is 0. The maximum Gasteiger partial charge on any atom is 0.203 e. The fraction of sp³-hybridized carbons (Fsp3) is 1.00. The second-order valence-corrected chi connectivity index (χ2v) is 7.47. The summed E-state index contributed by atoms with van der Waals surface area (Å²) < 4.78 is 10.2. The van der Waals surface area contributed by atoms with Crippen LogP contribution in [0.5, 0.6) is 0 Å². The van der Waals surface area contributed by atoms with Gasteiger partial charge in [0.25, 0.3) is 0 Å². The van der Waals surface area contributed by atoms with Crippen molar-refractivity contribution in [2.45, 2.75) is 61.4 Å². The Kier molecular flexibility index (Phi) is 10.4. The molecule has 4 heteroatoms. The van der Waals surface area contributed by atoms with Crippen LogP contribution in [0.25, 0.3) is 0 Å². The van der Waals surface area contributed by atoms with Gasteiger partial charge in [-0.15, -0.1) is 0 Å². The first-order valence-corrected chi connectivity index (χ1v) is 7.62. The Labute approximate surface area is 117 Å². The Balaban J connectivity index is 3.64. The summed E-state index contributed by atoms with van der Waals surface area (Å²) in [5.74, 6) is 0. The van der Waals surface area contributed by atoms with E-state index in [1.807, 2.05) is 0 Å². The second-order valence-electron chi connectivity index (χ2n) is 4.05. The molecule has 0 radical (unpaired) electrons. The molecule has 0 fully saturated rings. The molecule has 0 saturated heterocycles. The second kappa shape index (κ2) is 9.86. The van der Waals surface area contributed by atoms with Crippen LogP contribution in [-0.2, 0) is 9.47 Å². The molecule has 0 bridgehead atoms. The molecule has 1 atom stereocenters. The summed E-state index contributed by atoms with van der Waals surface area (Å²) in [7, 11) is 3.38. The smallest absolute Gasteiger partial charge is 0.203 e. The SMILES string of the molecule is CCCCCCCCC(OC)C(Br)(Br)OC. The lowest BCUT2D eigenvalue weighted by Crippen LogP contribution is -2.33. The van der Waals surface area contributed by atoms with Crippen LogP contribution in [-0.4, -0.2) is 23.7 Å². The van der Waals surface area contributed by atoms with Gasteiger partial charge in [-0.1, -0.05) is 45.4 Å². The summed E-state index contributed by atoms with van der Waals surface area (Å²) in [4.78, 5) is 0. The molecular weight excluding hydrogens is 336 g/mol. The third kappa shape index (κ3) is 7.25. The van der Waals surface area contributed by atoms with E-state index in [-0.39, 0.29) is 6.10 Å². The van der Waals surface area contributed by atoms with Gasteiger partial charge in [0.1, 0.15) is 6.10 Å². The maximum atomic E-state index is 5.41. The van der Waals surface area contributed by atoms with Crippen molar-refractivity contribution < 1.29 is 9.47 Å². The van der Waals surface area contributed by atoms with Gasteiger partial charge in [0, 0.05) is 14.2 Å². The minimum absolute atomic E-state index is 0.0451. The van der Waals surface area contributed by atoms with Crippen LogP contribution in [0.3, 0.4) is 0 Å². The molecule has 0 aromatic carbocycles. The number of halogens is 2. The molecule has 0 rings (SSSR count). The molecule has 2 nitrogen and oxygen atoms in total. The van der Waals surface area contributed by atoms with Gasteiger partial charge in [-0.3, -0.25) is 0 Å². The van der Waals surface area contributed by atoms with Crippen molar-refractivity contribution in [2.24, 2.45) is 0 Å². The van der Waals surface area contributed by atoms with Crippen molar-refractivity contribution >= 4 is 31.9 Å². The predicted octanol–water partition coefficient (Wildman–Crippen LogP) is 4.84. The third-order valence-electron chi connectivity index (χ3n) is 2.75. The number of methoxy groups -OCH3 is 2. The number of hydrogen-bond donors (Lipinski definition) is 0. The zero-order chi connectivity index (χ0) is 12.4. The van der Waals surface area contributed by atoms with Gasteiger partial charge < -0.3 is 9.47 Å². The van der Waals surface area contributed by atoms with E-state index in [4.69, 9.17) is 9.47 Å². The van der Waals surface area contributed by atoms with Gasteiger partial charge in [0.2, 0.25) is 3.42 Å². The van der Waals surface area contributed by atoms with Gasteiger partial charge >= 0.3 is 0 Å². The fourth-order valence-corrected chi connectivity index (χ4v) is 2.50. The van der Waals surface area contributed by atoms with E-state index in [2.05, 4.69) is 38.8 Å². The highest BCUT2D eigenvalue weighted by Crippen LogP contribution is 2.35. The van der Waals surface area contributed by atoms with Crippen LogP contribution >= 0.6 is 31.9 Å². The fourth-order valence-electron chi connectivity index (χ4n) is 1.66.